The Kier molecular flexibility index (Phi) is 7.77. The van der Waals surface area contributed by atoms with Crippen LogP contribution in [0.4, 0.5) is 0 Å². The second-order valence-corrected chi connectivity index (χ2v) is 15.9. The molecule has 0 bridgehead atoms. The van der Waals surface area contributed by atoms with Gasteiger partial charge in [0, 0.05) is 22.3 Å². The van der Waals surface area contributed by atoms with E-state index in [1.165, 1.54) is 94.1 Å². The van der Waals surface area contributed by atoms with Crippen LogP contribution in [0, 0.1) is 0 Å². The molecular weight excluding hydrogens is 715 g/mol. The molecule has 2 heterocycles. The minimum Gasteiger partial charge on any atom is -0.488 e. The first-order chi connectivity index (χ1) is 29.3. The molecular formula is C57H39NO. The van der Waals surface area contributed by atoms with Gasteiger partial charge < -0.3 is 9.30 Å². The first kappa shape index (κ1) is 33.7. The van der Waals surface area contributed by atoms with Gasteiger partial charge >= 0.3 is 0 Å². The maximum Gasteiger partial charge on any atom is 0.129 e. The van der Waals surface area contributed by atoms with E-state index in [-0.39, 0.29) is 5.92 Å². The van der Waals surface area contributed by atoms with Crippen LogP contribution in [0.3, 0.4) is 0 Å². The summed E-state index contributed by atoms with van der Waals surface area (Å²) in [5.41, 5.74) is 21.4. The highest BCUT2D eigenvalue weighted by Gasteiger charge is 2.29. The summed E-state index contributed by atoms with van der Waals surface area (Å²) in [6.45, 7) is 0.589. The van der Waals surface area contributed by atoms with Crippen LogP contribution in [0.15, 0.2) is 206 Å². The summed E-state index contributed by atoms with van der Waals surface area (Å²) in [4.78, 5) is 0. The molecule has 1 aliphatic heterocycles. The highest BCUT2D eigenvalue weighted by molar-refractivity contribution is 6.11. The van der Waals surface area contributed by atoms with E-state index in [1.807, 2.05) is 0 Å². The standard InChI is InChI=1S/C57H39NO/c1-2-15-37(16-3-1)42-18-6-7-20-44(42)45-21-8-10-23-47(45)51-35-40-30-29-38(33-50(40)46-22-9-11-24-48(46)51)39-31-32-54-52(34-39)49-25-12-13-26-53(49)58(54)55-27-14-28-56-57(55)43-19-5-4-17-41(43)36-59-56/h1-34,51H,35-36H2. The van der Waals surface area contributed by atoms with Crippen molar-refractivity contribution in [1.29, 1.82) is 0 Å². The van der Waals surface area contributed by atoms with E-state index in [0.717, 1.165) is 23.4 Å². The Balaban J connectivity index is 0.963. The molecule has 0 fully saturated rings. The Bertz CT molecular complexity index is 3260. The minimum atomic E-state index is 0.230. The minimum absolute atomic E-state index is 0.230. The summed E-state index contributed by atoms with van der Waals surface area (Å²) >= 11 is 0. The Hall–Kier alpha value is -7.42. The van der Waals surface area contributed by atoms with Crippen LogP contribution in [0.1, 0.15) is 28.2 Å². The fourth-order valence-corrected chi connectivity index (χ4v) is 10.0. The lowest BCUT2D eigenvalue weighted by Crippen LogP contribution is -2.13. The smallest absolute Gasteiger partial charge is 0.129 e. The molecule has 0 saturated heterocycles. The van der Waals surface area contributed by atoms with Crippen molar-refractivity contribution in [1.82, 2.24) is 4.57 Å². The Morgan fingerprint density at radius 2 is 1.02 bits per heavy atom. The number of aromatic nitrogens is 1. The van der Waals surface area contributed by atoms with Crippen molar-refractivity contribution >= 4 is 21.8 Å². The average molecular weight is 754 g/mol. The summed E-state index contributed by atoms with van der Waals surface area (Å²) in [6, 6.07) is 75.8. The van der Waals surface area contributed by atoms with Crippen molar-refractivity contribution < 1.29 is 4.74 Å². The van der Waals surface area contributed by atoms with Crippen LogP contribution < -0.4 is 4.74 Å². The first-order valence-electron chi connectivity index (χ1n) is 20.6. The van der Waals surface area contributed by atoms with Crippen molar-refractivity contribution in [3.05, 3.63) is 229 Å². The lowest BCUT2D eigenvalue weighted by Gasteiger charge is -2.30. The van der Waals surface area contributed by atoms with Crippen molar-refractivity contribution in [2.24, 2.45) is 0 Å². The van der Waals surface area contributed by atoms with Crippen LogP contribution >= 0.6 is 0 Å². The zero-order valence-corrected chi connectivity index (χ0v) is 32.5. The van der Waals surface area contributed by atoms with E-state index in [4.69, 9.17) is 4.74 Å². The Morgan fingerprint density at radius 1 is 0.390 bits per heavy atom. The zero-order valence-electron chi connectivity index (χ0n) is 32.5. The maximum atomic E-state index is 6.33. The molecule has 0 radical (unpaired) electrons. The Labute approximate surface area is 344 Å². The van der Waals surface area contributed by atoms with Gasteiger partial charge in [0.2, 0.25) is 0 Å². The molecule has 12 rings (SSSR count). The molecule has 9 aromatic carbocycles. The molecule has 0 N–H and O–H groups in total. The average Bonchev–Trinajstić information content (AvgIpc) is 3.64. The molecule has 59 heavy (non-hydrogen) atoms. The number of para-hydroxylation sites is 1. The third-order valence-electron chi connectivity index (χ3n) is 12.7. The molecule has 10 aromatic rings. The van der Waals surface area contributed by atoms with Gasteiger partial charge in [-0.15, -0.1) is 0 Å². The van der Waals surface area contributed by atoms with Crippen molar-refractivity contribution in [3.8, 4) is 67.1 Å². The maximum absolute atomic E-state index is 6.33. The van der Waals surface area contributed by atoms with E-state index in [0.29, 0.717) is 6.61 Å². The van der Waals surface area contributed by atoms with Gasteiger partial charge in [0.25, 0.3) is 0 Å². The van der Waals surface area contributed by atoms with Crippen LogP contribution in [0.25, 0.3) is 83.1 Å². The van der Waals surface area contributed by atoms with E-state index < -0.39 is 0 Å². The number of fused-ring (bicyclic) bond motifs is 9. The quantitative estimate of drug-likeness (QED) is 0.171. The number of rotatable bonds is 5. The van der Waals surface area contributed by atoms with Gasteiger partial charge in [-0.3, -0.25) is 0 Å². The van der Waals surface area contributed by atoms with Crippen LogP contribution in [0.5, 0.6) is 5.75 Å². The van der Waals surface area contributed by atoms with Gasteiger partial charge in [0.05, 0.1) is 16.7 Å². The SMILES string of the molecule is c1ccc(-c2ccccc2-c2ccccc2C2Cc3ccc(-c4ccc5c(c4)c4ccccc4n5-c4cccc5c4-c4ccccc4CO5)cc3-c3ccccc32)cc1. The van der Waals surface area contributed by atoms with E-state index >= 15 is 0 Å². The second kappa shape index (κ2) is 13.6. The second-order valence-electron chi connectivity index (χ2n) is 15.9. The highest BCUT2D eigenvalue weighted by atomic mass is 16.5. The third kappa shape index (κ3) is 5.41. The number of ether oxygens (including phenoxy) is 1. The summed E-state index contributed by atoms with van der Waals surface area (Å²) in [5, 5.41) is 2.48. The summed E-state index contributed by atoms with van der Waals surface area (Å²) < 4.78 is 8.75. The molecule has 1 aromatic heterocycles. The lowest BCUT2D eigenvalue weighted by atomic mass is 9.73. The molecule has 2 aliphatic rings. The zero-order chi connectivity index (χ0) is 38.9. The molecule has 278 valence electrons. The predicted molar refractivity (Wildman–Crippen MR) is 244 cm³/mol. The van der Waals surface area contributed by atoms with Crippen molar-refractivity contribution in [3.63, 3.8) is 0 Å². The molecule has 1 atom stereocenters. The fraction of sp³-hybridized carbons (Fsp3) is 0.0526. The lowest BCUT2D eigenvalue weighted by molar-refractivity contribution is 0.302. The van der Waals surface area contributed by atoms with Crippen LogP contribution in [-0.2, 0) is 13.0 Å². The van der Waals surface area contributed by atoms with Gasteiger partial charge in [-0.2, -0.15) is 0 Å². The molecule has 0 amide bonds. The van der Waals surface area contributed by atoms with Crippen molar-refractivity contribution in [2.45, 2.75) is 18.9 Å². The fourth-order valence-electron chi connectivity index (χ4n) is 10.0. The first-order valence-corrected chi connectivity index (χ1v) is 20.6. The molecule has 2 heteroatoms. The molecule has 0 spiro atoms. The molecule has 0 saturated carbocycles. The predicted octanol–water partition coefficient (Wildman–Crippen LogP) is 14.7. The number of benzene rings is 9. The van der Waals surface area contributed by atoms with Gasteiger partial charge in [-0.05, 0) is 115 Å². The van der Waals surface area contributed by atoms with Gasteiger partial charge in [0.15, 0.2) is 0 Å². The van der Waals surface area contributed by atoms with Gasteiger partial charge in [0.1, 0.15) is 12.4 Å². The van der Waals surface area contributed by atoms with Crippen LogP contribution in [0.2, 0.25) is 0 Å². The highest BCUT2D eigenvalue weighted by Crippen LogP contribution is 2.48. The number of nitrogens with zero attached hydrogens (tertiary/aromatic N) is 1. The normalized spacial score (nSPS) is 13.9. The number of hydrogen-bond donors (Lipinski definition) is 0. The van der Waals surface area contributed by atoms with E-state index in [1.54, 1.807) is 0 Å². The topological polar surface area (TPSA) is 14.2 Å². The van der Waals surface area contributed by atoms with E-state index in [2.05, 4.69) is 211 Å². The van der Waals surface area contributed by atoms with E-state index in [9.17, 15) is 0 Å². The molecule has 1 aliphatic carbocycles. The monoisotopic (exact) mass is 753 g/mol. The van der Waals surface area contributed by atoms with Gasteiger partial charge in [-0.1, -0.05) is 170 Å². The third-order valence-corrected chi connectivity index (χ3v) is 12.7. The summed E-state index contributed by atoms with van der Waals surface area (Å²) in [5.74, 6) is 1.16. The molecule has 1 unspecified atom stereocenters. The number of hydrogen-bond acceptors (Lipinski definition) is 1. The Morgan fingerprint density at radius 3 is 1.85 bits per heavy atom. The molecule has 2 nitrogen and oxygen atoms in total. The van der Waals surface area contributed by atoms with Crippen LogP contribution in [-0.4, -0.2) is 4.57 Å². The summed E-state index contributed by atoms with van der Waals surface area (Å²) in [6.07, 6.45) is 0.942. The largest absolute Gasteiger partial charge is 0.488 e. The van der Waals surface area contributed by atoms with Crippen molar-refractivity contribution in [2.75, 3.05) is 0 Å². The van der Waals surface area contributed by atoms with Gasteiger partial charge in [-0.25, -0.2) is 0 Å². The summed E-state index contributed by atoms with van der Waals surface area (Å²) in [7, 11) is 0.